The van der Waals surface area contributed by atoms with Crippen molar-refractivity contribution in [2.75, 3.05) is 11.4 Å². The van der Waals surface area contributed by atoms with Gasteiger partial charge in [0.05, 0.1) is 5.41 Å². The highest BCUT2D eigenvalue weighted by molar-refractivity contribution is 7.93. The van der Waals surface area contributed by atoms with E-state index in [1.165, 1.54) is 11.0 Å². The summed E-state index contributed by atoms with van der Waals surface area (Å²) in [5.41, 5.74) is 2.75. The molecule has 4 rings (SSSR count). The van der Waals surface area contributed by atoms with E-state index in [1.807, 2.05) is 12.1 Å². The molecule has 1 N–H and O–H groups in total. The number of para-hydroxylation sites is 1. The van der Waals surface area contributed by atoms with Crippen molar-refractivity contribution in [1.29, 1.82) is 0 Å². The minimum Gasteiger partial charge on any atom is -0.337 e. The second-order valence-electron chi connectivity index (χ2n) is 8.19. The van der Waals surface area contributed by atoms with E-state index in [0.717, 1.165) is 11.0 Å². The van der Waals surface area contributed by atoms with Crippen molar-refractivity contribution in [3.8, 4) is 5.75 Å². The average Bonchev–Trinajstić information content (AvgIpc) is 3.35. The highest BCUT2D eigenvalue weighted by Crippen LogP contribution is 2.28. The van der Waals surface area contributed by atoms with Gasteiger partial charge in [0.1, 0.15) is 12.5 Å². The summed E-state index contributed by atoms with van der Waals surface area (Å²) < 4.78 is 27.4. The molecule has 8 nitrogen and oxygen atoms in total. The number of nitrogens with zero attached hydrogens (tertiary/aromatic N) is 1. The van der Waals surface area contributed by atoms with Gasteiger partial charge in [0.2, 0.25) is 11.8 Å². The number of hydrogen-bond donors (Lipinski definition) is 1. The van der Waals surface area contributed by atoms with Crippen molar-refractivity contribution in [2.24, 2.45) is 5.92 Å². The summed E-state index contributed by atoms with van der Waals surface area (Å²) in [6.07, 6.45) is 1.36. The number of rotatable bonds is 9. The zero-order valence-corrected chi connectivity index (χ0v) is 20.5. The van der Waals surface area contributed by atoms with Crippen LogP contribution in [0, 0.1) is 5.92 Å². The Morgan fingerprint density at radius 1 is 1.03 bits per heavy atom. The monoisotopic (exact) mass is 506 g/mol. The van der Waals surface area contributed by atoms with Crippen molar-refractivity contribution >= 4 is 33.6 Å². The van der Waals surface area contributed by atoms with Gasteiger partial charge in [-0.1, -0.05) is 60.7 Å². The Hall–Kier alpha value is -3.95. The van der Waals surface area contributed by atoms with Gasteiger partial charge in [-0.15, -0.1) is 0 Å². The minimum atomic E-state index is -4.15. The lowest BCUT2D eigenvalue weighted by molar-refractivity contribution is -0.194. The highest BCUT2D eigenvalue weighted by Gasteiger charge is 2.33. The molecule has 186 valence electrons. The summed E-state index contributed by atoms with van der Waals surface area (Å²) in [7, 11) is -4.15. The molecule has 1 heterocycles. The molecule has 0 aliphatic carbocycles. The smallest absolute Gasteiger partial charge is 0.257 e. The van der Waals surface area contributed by atoms with Crippen LogP contribution in [0.15, 0.2) is 84.3 Å². The predicted octanol–water partition coefficient (Wildman–Crippen LogP) is 3.84. The lowest BCUT2D eigenvalue weighted by Crippen LogP contribution is -2.46. The number of amides is 2. The van der Waals surface area contributed by atoms with Crippen molar-refractivity contribution in [3.63, 3.8) is 0 Å². The van der Waals surface area contributed by atoms with Crippen LogP contribution in [0.1, 0.15) is 23.6 Å². The molecule has 36 heavy (non-hydrogen) atoms. The molecule has 1 atom stereocenters. The van der Waals surface area contributed by atoms with E-state index < -0.39 is 27.8 Å². The number of benzene rings is 3. The zero-order valence-electron chi connectivity index (χ0n) is 19.7. The van der Waals surface area contributed by atoms with Crippen LogP contribution in [0.2, 0.25) is 0 Å². The van der Waals surface area contributed by atoms with Crippen LogP contribution in [-0.4, -0.2) is 26.8 Å². The Labute approximate surface area is 210 Å². The van der Waals surface area contributed by atoms with Crippen LogP contribution < -0.4 is 14.5 Å². The summed E-state index contributed by atoms with van der Waals surface area (Å²) in [6, 6.07) is 23.0. The topological polar surface area (TPSA) is 102 Å². The summed E-state index contributed by atoms with van der Waals surface area (Å²) in [5.74, 6) is -2.22. The minimum absolute atomic E-state index is 0.0252. The van der Waals surface area contributed by atoms with E-state index in [-0.39, 0.29) is 6.42 Å². The molecule has 0 radical (unpaired) electrons. The third-order valence-corrected chi connectivity index (χ3v) is 6.66. The summed E-state index contributed by atoms with van der Waals surface area (Å²) in [5, 5.41) is 0.914. The lowest BCUT2D eigenvalue weighted by Gasteiger charge is -2.26. The number of fused-ring (bicyclic) bond motifs is 1. The van der Waals surface area contributed by atoms with E-state index in [2.05, 4.69) is 4.72 Å². The molecule has 2 amide bonds. The quantitative estimate of drug-likeness (QED) is 0.350. The molecule has 0 bridgehead atoms. The lowest BCUT2D eigenvalue weighted by atomic mass is 9.96. The van der Waals surface area contributed by atoms with E-state index in [0.29, 0.717) is 35.7 Å². The Morgan fingerprint density at radius 2 is 1.72 bits per heavy atom. The fourth-order valence-corrected chi connectivity index (χ4v) is 4.67. The maximum Gasteiger partial charge on any atom is 0.257 e. The first-order valence-electron chi connectivity index (χ1n) is 11.4. The molecule has 0 spiro atoms. The molecular formula is C27H26N2O6S. The Kier molecular flexibility index (Phi) is 7.82. The Bertz CT molecular complexity index is 1360. The number of carbonyl (C=O) groups excluding carboxylic acids is 2. The number of anilines is 1. The Balaban J connectivity index is 1.60. The average molecular weight is 507 g/mol. The zero-order chi connectivity index (χ0) is 25.5. The standard InChI is InChI=1S/C27H26N2O6S/c1-2-29(23-11-7-4-8-12-23)27(31)24(17-21-13-14-22-19-34-35-25(22)18-21)26(30)28-36(32,33)16-15-20-9-5-3-6-10-20/h3-16,18,24H,2,17,19H2,1H3,(H,28,30)/b16-15+. The van der Waals surface area contributed by atoms with E-state index in [9.17, 15) is 18.0 Å². The first kappa shape index (κ1) is 25.2. The van der Waals surface area contributed by atoms with Crippen molar-refractivity contribution in [1.82, 2.24) is 4.72 Å². The van der Waals surface area contributed by atoms with Crippen LogP contribution in [0.5, 0.6) is 5.75 Å². The second-order valence-corrected chi connectivity index (χ2v) is 9.75. The van der Waals surface area contributed by atoms with Crippen LogP contribution in [0.25, 0.3) is 6.08 Å². The molecule has 0 saturated heterocycles. The largest absolute Gasteiger partial charge is 0.337 e. The third kappa shape index (κ3) is 6.18. The number of sulfonamides is 1. The molecule has 0 aromatic heterocycles. The second kappa shape index (κ2) is 11.2. The molecule has 3 aromatic rings. The van der Waals surface area contributed by atoms with Gasteiger partial charge in [-0.3, -0.25) is 9.59 Å². The van der Waals surface area contributed by atoms with Crippen molar-refractivity contribution < 1.29 is 27.8 Å². The van der Waals surface area contributed by atoms with Crippen LogP contribution in [0.3, 0.4) is 0 Å². The summed E-state index contributed by atoms with van der Waals surface area (Å²) in [6.45, 7) is 2.40. The van der Waals surface area contributed by atoms with Gasteiger partial charge in [-0.05, 0) is 48.7 Å². The van der Waals surface area contributed by atoms with E-state index in [4.69, 9.17) is 9.78 Å². The highest BCUT2D eigenvalue weighted by atomic mass is 32.2. The molecule has 0 saturated carbocycles. The molecule has 1 aliphatic heterocycles. The first-order chi connectivity index (χ1) is 17.4. The molecule has 3 aromatic carbocycles. The van der Waals surface area contributed by atoms with Gasteiger partial charge in [0.15, 0.2) is 5.75 Å². The van der Waals surface area contributed by atoms with Crippen LogP contribution in [-0.2, 0) is 37.5 Å². The van der Waals surface area contributed by atoms with Crippen LogP contribution in [0.4, 0.5) is 5.69 Å². The van der Waals surface area contributed by atoms with Gasteiger partial charge < -0.3 is 9.79 Å². The third-order valence-electron chi connectivity index (χ3n) is 5.68. The normalized spacial score (nSPS) is 13.6. The maximum absolute atomic E-state index is 13.6. The Morgan fingerprint density at radius 3 is 2.42 bits per heavy atom. The van der Waals surface area contributed by atoms with Gasteiger partial charge in [0, 0.05) is 17.8 Å². The van der Waals surface area contributed by atoms with Crippen LogP contribution >= 0.6 is 0 Å². The number of hydrogen-bond acceptors (Lipinski definition) is 6. The molecule has 1 unspecified atom stereocenters. The predicted molar refractivity (Wildman–Crippen MR) is 136 cm³/mol. The van der Waals surface area contributed by atoms with Gasteiger partial charge in [-0.2, -0.15) is 4.89 Å². The summed E-state index contributed by atoms with van der Waals surface area (Å²) in [4.78, 5) is 38.5. The van der Waals surface area contributed by atoms with Gasteiger partial charge in [-0.25, -0.2) is 13.1 Å². The van der Waals surface area contributed by atoms with E-state index >= 15 is 0 Å². The van der Waals surface area contributed by atoms with E-state index in [1.54, 1.807) is 73.7 Å². The molecule has 1 aliphatic rings. The molecular weight excluding hydrogens is 480 g/mol. The van der Waals surface area contributed by atoms with Crippen molar-refractivity contribution in [2.45, 2.75) is 20.0 Å². The fourth-order valence-electron chi connectivity index (χ4n) is 3.85. The molecule has 9 heteroatoms. The first-order valence-corrected chi connectivity index (χ1v) is 13.0. The van der Waals surface area contributed by atoms with Gasteiger partial charge >= 0.3 is 0 Å². The maximum atomic E-state index is 13.6. The van der Waals surface area contributed by atoms with Gasteiger partial charge in [0.25, 0.3) is 10.0 Å². The number of carbonyl (C=O) groups is 2. The SMILES string of the molecule is CCN(C(=O)C(Cc1ccc2c(c1)OOC2)C(=O)NS(=O)(=O)/C=C/c1ccccc1)c1ccccc1. The number of nitrogens with one attached hydrogen (secondary N) is 1. The fraction of sp³-hybridized carbons (Fsp3) is 0.185. The van der Waals surface area contributed by atoms with Crippen molar-refractivity contribution in [3.05, 3.63) is 101 Å². The molecule has 0 fully saturated rings. The summed E-state index contributed by atoms with van der Waals surface area (Å²) >= 11 is 0.